The van der Waals surface area contributed by atoms with Crippen molar-refractivity contribution < 1.29 is 29.1 Å². The number of nitrogens with two attached hydrogens (primary N) is 1. The van der Waals surface area contributed by atoms with E-state index in [9.17, 15) is 24.0 Å². The number of imidazole rings is 1. The van der Waals surface area contributed by atoms with Gasteiger partial charge >= 0.3 is 5.97 Å². The van der Waals surface area contributed by atoms with E-state index in [1.54, 1.807) is 0 Å². The van der Waals surface area contributed by atoms with Crippen molar-refractivity contribution in [2.45, 2.75) is 49.9 Å². The number of carboxylic acids is 1. The van der Waals surface area contributed by atoms with Crippen LogP contribution in [-0.2, 0) is 30.4 Å². The smallest absolute Gasteiger partial charge is 0.327 e. The molecule has 0 radical (unpaired) electrons. The van der Waals surface area contributed by atoms with Crippen LogP contribution >= 0.6 is 12.6 Å². The number of carbonyl (C=O) groups is 5. The predicted octanol–water partition coefficient (Wildman–Crippen LogP) is -2.95. The van der Waals surface area contributed by atoms with Gasteiger partial charge in [0.25, 0.3) is 0 Å². The van der Waals surface area contributed by atoms with Gasteiger partial charge in [-0.15, -0.1) is 0 Å². The highest BCUT2D eigenvalue weighted by Gasteiger charge is 2.32. The average Bonchev–Trinajstić information content (AvgIpc) is 3.44. The van der Waals surface area contributed by atoms with Crippen LogP contribution in [0.1, 0.15) is 25.0 Å². The number of H-pyrrole nitrogens is 1. The van der Waals surface area contributed by atoms with Crippen molar-refractivity contribution in [3.05, 3.63) is 18.2 Å². The third kappa shape index (κ3) is 7.53. The van der Waals surface area contributed by atoms with Gasteiger partial charge in [0, 0.05) is 24.1 Å². The molecule has 1 aliphatic rings. The summed E-state index contributed by atoms with van der Waals surface area (Å²) in [4.78, 5) is 67.3. The van der Waals surface area contributed by atoms with E-state index >= 15 is 0 Å². The van der Waals surface area contributed by atoms with Crippen LogP contribution in [0.5, 0.6) is 0 Å². The van der Waals surface area contributed by atoms with Crippen molar-refractivity contribution >= 4 is 42.2 Å². The number of aromatic nitrogens is 2. The molecule has 4 atom stereocenters. The quantitative estimate of drug-likeness (QED) is 0.148. The summed E-state index contributed by atoms with van der Waals surface area (Å²) in [6.07, 6.45) is 3.83. The first-order valence-electron chi connectivity index (χ1n) is 9.95. The van der Waals surface area contributed by atoms with Gasteiger partial charge in [-0.3, -0.25) is 19.2 Å². The highest BCUT2D eigenvalue weighted by atomic mass is 32.1. The molecule has 4 amide bonds. The fourth-order valence-electron chi connectivity index (χ4n) is 3.15. The zero-order valence-corrected chi connectivity index (χ0v) is 18.1. The number of thiol groups is 1. The molecule has 1 aromatic rings. The summed E-state index contributed by atoms with van der Waals surface area (Å²) in [5.74, 6) is -4.45. The van der Waals surface area contributed by atoms with Gasteiger partial charge in [0.05, 0.1) is 18.8 Å². The van der Waals surface area contributed by atoms with E-state index in [1.807, 2.05) is 0 Å². The Balaban J connectivity index is 2.14. The molecule has 1 saturated heterocycles. The van der Waals surface area contributed by atoms with Gasteiger partial charge in [-0.05, 0) is 19.4 Å². The molecule has 0 spiro atoms. The fourth-order valence-corrected chi connectivity index (χ4v) is 3.39. The maximum atomic E-state index is 13.0. The number of aromatic amines is 1. The summed E-state index contributed by atoms with van der Waals surface area (Å²) in [6, 6.07) is -4.29. The number of carboxylic acid groups (broad SMARTS) is 1. The molecule has 0 aliphatic carbocycles. The lowest BCUT2D eigenvalue weighted by atomic mass is 10.1. The molecule has 32 heavy (non-hydrogen) atoms. The summed E-state index contributed by atoms with van der Waals surface area (Å²) in [6.45, 7) is 0.687. The minimum atomic E-state index is -1.44. The maximum absolute atomic E-state index is 13.0. The minimum absolute atomic E-state index is 0.0452. The standard InChI is InChI=1S/C18H27N7O6S/c19-14(26)5-12(17(29)25-13(7-32)18(30)31)24-16(28)11(4-9-6-20-8-22-9)23-15(27)10-2-1-3-21-10/h6,8,10-13,21,32H,1-5,7H2,(H2,19,26)(H,20,22)(H,23,27)(H,24,28)(H,25,29)(H,30,31). The van der Waals surface area contributed by atoms with E-state index in [0.717, 1.165) is 6.42 Å². The molecule has 4 unspecified atom stereocenters. The topological polar surface area (TPSA) is 208 Å². The van der Waals surface area contributed by atoms with Crippen molar-refractivity contribution in [2.75, 3.05) is 12.3 Å². The van der Waals surface area contributed by atoms with Crippen LogP contribution in [0.25, 0.3) is 0 Å². The third-order valence-corrected chi connectivity index (χ3v) is 5.19. The molecule has 0 saturated carbocycles. The minimum Gasteiger partial charge on any atom is -0.480 e. The number of nitrogens with one attached hydrogen (secondary N) is 5. The Bertz CT molecular complexity index is 828. The third-order valence-electron chi connectivity index (χ3n) is 4.82. The van der Waals surface area contributed by atoms with E-state index < -0.39 is 54.3 Å². The van der Waals surface area contributed by atoms with Gasteiger partial charge in [-0.1, -0.05) is 0 Å². The second-order valence-electron chi connectivity index (χ2n) is 7.30. The first-order chi connectivity index (χ1) is 15.2. The van der Waals surface area contributed by atoms with Crippen LogP contribution in [0.3, 0.4) is 0 Å². The molecule has 176 valence electrons. The van der Waals surface area contributed by atoms with E-state index in [0.29, 0.717) is 18.7 Å². The van der Waals surface area contributed by atoms with Gasteiger partial charge in [-0.25, -0.2) is 9.78 Å². The summed E-state index contributed by atoms with van der Waals surface area (Å²) in [5, 5.41) is 19.4. The Morgan fingerprint density at radius 3 is 2.38 bits per heavy atom. The molecule has 0 aromatic carbocycles. The number of hydrogen-bond donors (Lipinski definition) is 8. The number of primary amides is 1. The number of hydrogen-bond acceptors (Lipinski definition) is 8. The monoisotopic (exact) mass is 469 g/mol. The van der Waals surface area contributed by atoms with Gasteiger partial charge in [-0.2, -0.15) is 12.6 Å². The van der Waals surface area contributed by atoms with Gasteiger partial charge in [0.15, 0.2) is 0 Å². The lowest BCUT2D eigenvalue weighted by molar-refractivity contribution is -0.141. The molecule has 1 aliphatic heterocycles. The first-order valence-corrected chi connectivity index (χ1v) is 10.6. The number of amides is 4. The van der Waals surface area contributed by atoms with E-state index in [1.165, 1.54) is 12.5 Å². The van der Waals surface area contributed by atoms with Crippen LogP contribution in [-0.4, -0.2) is 81.1 Å². The van der Waals surface area contributed by atoms with Crippen LogP contribution in [0.2, 0.25) is 0 Å². The van der Waals surface area contributed by atoms with Crippen molar-refractivity contribution in [1.82, 2.24) is 31.2 Å². The van der Waals surface area contributed by atoms with Crippen molar-refractivity contribution in [1.29, 1.82) is 0 Å². The Morgan fingerprint density at radius 2 is 1.84 bits per heavy atom. The second kappa shape index (κ2) is 12.0. The highest BCUT2D eigenvalue weighted by Crippen LogP contribution is 2.07. The van der Waals surface area contributed by atoms with Crippen LogP contribution < -0.4 is 27.0 Å². The molecular formula is C18H27N7O6S. The molecule has 8 N–H and O–H groups in total. The van der Waals surface area contributed by atoms with E-state index in [4.69, 9.17) is 10.8 Å². The van der Waals surface area contributed by atoms with Gasteiger partial charge in [0.1, 0.15) is 18.1 Å². The van der Waals surface area contributed by atoms with Crippen molar-refractivity contribution in [3.63, 3.8) is 0 Å². The molecule has 1 aromatic heterocycles. The zero-order chi connectivity index (χ0) is 23.7. The molecule has 0 bridgehead atoms. The Kier molecular flexibility index (Phi) is 9.46. The number of nitrogens with zero attached hydrogens (tertiary/aromatic N) is 1. The summed E-state index contributed by atoms with van der Waals surface area (Å²) < 4.78 is 0. The van der Waals surface area contributed by atoms with Gasteiger partial charge < -0.3 is 37.1 Å². The van der Waals surface area contributed by atoms with Crippen LogP contribution in [0.4, 0.5) is 0 Å². The summed E-state index contributed by atoms with van der Waals surface area (Å²) >= 11 is 3.86. The Hall–Kier alpha value is -3.13. The van der Waals surface area contributed by atoms with E-state index in [-0.39, 0.29) is 18.1 Å². The normalized spacial score (nSPS) is 18.2. The predicted molar refractivity (Wildman–Crippen MR) is 114 cm³/mol. The molecular weight excluding hydrogens is 442 g/mol. The Labute approximate surface area is 189 Å². The molecule has 1 fully saturated rings. The molecule has 2 rings (SSSR count). The zero-order valence-electron chi connectivity index (χ0n) is 17.2. The largest absolute Gasteiger partial charge is 0.480 e. The van der Waals surface area contributed by atoms with E-state index in [2.05, 4.69) is 43.9 Å². The number of carbonyl (C=O) groups excluding carboxylic acids is 4. The van der Waals surface area contributed by atoms with Crippen molar-refractivity contribution in [2.24, 2.45) is 5.73 Å². The fraction of sp³-hybridized carbons (Fsp3) is 0.556. The Morgan fingerprint density at radius 1 is 1.16 bits per heavy atom. The van der Waals surface area contributed by atoms with Crippen molar-refractivity contribution in [3.8, 4) is 0 Å². The summed E-state index contributed by atoms with van der Waals surface area (Å²) in [7, 11) is 0. The van der Waals surface area contributed by atoms with Gasteiger partial charge in [0.2, 0.25) is 23.6 Å². The number of rotatable bonds is 12. The maximum Gasteiger partial charge on any atom is 0.327 e. The lowest BCUT2D eigenvalue weighted by Gasteiger charge is -2.24. The molecule has 2 heterocycles. The number of aliphatic carboxylic acids is 1. The first kappa shape index (κ1) is 25.1. The second-order valence-corrected chi connectivity index (χ2v) is 7.67. The van der Waals surface area contributed by atoms with Crippen LogP contribution in [0.15, 0.2) is 12.5 Å². The molecule has 13 nitrogen and oxygen atoms in total. The van der Waals surface area contributed by atoms with Crippen LogP contribution in [0, 0.1) is 0 Å². The SMILES string of the molecule is NC(=O)CC(NC(=O)C(Cc1cnc[nH]1)NC(=O)C1CCCN1)C(=O)NC(CS)C(=O)O. The molecule has 14 heteroatoms. The summed E-state index contributed by atoms with van der Waals surface area (Å²) in [5.41, 5.74) is 5.74. The lowest BCUT2D eigenvalue weighted by Crippen LogP contribution is -2.58. The highest BCUT2D eigenvalue weighted by molar-refractivity contribution is 7.80. The average molecular weight is 470 g/mol.